The first-order valence-electron chi connectivity index (χ1n) is 6.10. The molecular formula is C13H18N2O4S. The molecule has 110 valence electrons. The first-order chi connectivity index (χ1) is 9.61. The largest absolute Gasteiger partial charge is 0.482 e. The molecule has 1 rings (SSSR count). The van der Waals surface area contributed by atoms with Crippen LogP contribution in [0.1, 0.15) is 6.42 Å². The number of anilines is 1. The second kappa shape index (κ2) is 9.08. The van der Waals surface area contributed by atoms with Gasteiger partial charge in [0.15, 0.2) is 6.61 Å². The minimum Gasteiger partial charge on any atom is -0.482 e. The lowest BCUT2D eigenvalue weighted by Crippen LogP contribution is -2.29. The van der Waals surface area contributed by atoms with Gasteiger partial charge in [0.1, 0.15) is 5.75 Å². The van der Waals surface area contributed by atoms with Gasteiger partial charge in [0.2, 0.25) is 0 Å². The van der Waals surface area contributed by atoms with E-state index in [-0.39, 0.29) is 6.03 Å². The summed E-state index contributed by atoms with van der Waals surface area (Å²) in [5.74, 6) is 0.348. The van der Waals surface area contributed by atoms with Crippen LogP contribution in [0, 0.1) is 0 Å². The first-order valence-corrected chi connectivity index (χ1v) is 7.49. The molecule has 0 aliphatic heterocycles. The van der Waals surface area contributed by atoms with Crippen LogP contribution in [0.2, 0.25) is 0 Å². The molecule has 0 bridgehead atoms. The monoisotopic (exact) mass is 298 g/mol. The highest BCUT2D eigenvalue weighted by Crippen LogP contribution is 2.17. The zero-order chi connectivity index (χ0) is 14.8. The molecule has 0 saturated heterocycles. The van der Waals surface area contributed by atoms with Gasteiger partial charge in [0.05, 0.1) is 0 Å². The molecule has 0 aromatic heterocycles. The fourth-order valence-electron chi connectivity index (χ4n) is 1.40. The van der Waals surface area contributed by atoms with Crippen LogP contribution in [0.5, 0.6) is 5.75 Å². The lowest BCUT2D eigenvalue weighted by molar-refractivity contribution is -0.139. The Morgan fingerprint density at radius 3 is 2.90 bits per heavy atom. The highest BCUT2D eigenvalue weighted by atomic mass is 32.2. The zero-order valence-corrected chi connectivity index (χ0v) is 12.0. The number of ether oxygens (including phenoxy) is 1. The van der Waals surface area contributed by atoms with Crippen molar-refractivity contribution in [2.45, 2.75) is 6.42 Å². The average Bonchev–Trinajstić information content (AvgIpc) is 2.42. The van der Waals surface area contributed by atoms with Gasteiger partial charge < -0.3 is 20.5 Å². The average molecular weight is 298 g/mol. The number of carbonyl (C=O) groups excluding carboxylic acids is 1. The Hall–Kier alpha value is -1.89. The van der Waals surface area contributed by atoms with Crippen LogP contribution in [0.4, 0.5) is 10.5 Å². The van der Waals surface area contributed by atoms with Crippen LogP contribution in [-0.4, -0.2) is 42.3 Å². The molecule has 7 heteroatoms. The summed E-state index contributed by atoms with van der Waals surface area (Å²) < 4.78 is 5.03. The van der Waals surface area contributed by atoms with Crippen LogP contribution in [0.25, 0.3) is 0 Å². The maximum absolute atomic E-state index is 11.6. The van der Waals surface area contributed by atoms with E-state index in [1.807, 2.05) is 6.26 Å². The van der Waals surface area contributed by atoms with Gasteiger partial charge >= 0.3 is 12.0 Å². The molecule has 0 aliphatic carbocycles. The van der Waals surface area contributed by atoms with E-state index >= 15 is 0 Å². The molecule has 0 unspecified atom stereocenters. The normalized spacial score (nSPS) is 9.85. The summed E-state index contributed by atoms with van der Waals surface area (Å²) in [6.07, 6.45) is 2.93. The van der Waals surface area contributed by atoms with E-state index in [1.54, 1.807) is 36.0 Å². The van der Waals surface area contributed by atoms with Crippen molar-refractivity contribution >= 4 is 29.4 Å². The Morgan fingerprint density at radius 2 is 2.20 bits per heavy atom. The quantitative estimate of drug-likeness (QED) is 0.639. The molecule has 0 heterocycles. The number of carboxylic acids is 1. The van der Waals surface area contributed by atoms with Crippen LogP contribution >= 0.6 is 11.8 Å². The molecule has 2 amide bonds. The Labute approximate surface area is 121 Å². The smallest absolute Gasteiger partial charge is 0.341 e. The van der Waals surface area contributed by atoms with Crippen LogP contribution in [0.3, 0.4) is 0 Å². The van der Waals surface area contributed by atoms with Crippen molar-refractivity contribution in [1.82, 2.24) is 5.32 Å². The fraction of sp³-hybridized carbons (Fsp3) is 0.385. The van der Waals surface area contributed by atoms with Crippen molar-refractivity contribution in [3.63, 3.8) is 0 Å². The van der Waals surface area contributed by atoms with Gasteiger partial charge in [-0.2, -0.15) is 11.8 Å². The topological polar surface area (TPSA) is 87.7 Å². The fourth-order valence-corrected chi connectivity index (χ4v) is 1.84. The molecule has 20 heavy (non-hydrogen) atoms. The van der Waals surface area contributed by atoms with E-state index in [0.29, 0.717) is 18.0 Å². The second-order valence-electron chi connectivity index (χ2n) is 3.94. The lowest BCUT2D eigenvalue weighted by atomic mass is 10.3. The molecule has 0 fully saturated rings. The van der Waals surface area contributed by atoms with E-state index in [2.05, 4.69) is 10.6 Å². The van der Waals surface area contributed by atoms with Crippen molar-refractivity contribution in [2.24, 2.45) is 0 Å². The molecule has 0 aliphatic rings. The highest BCUT2D eigenvalue weighted by Gasteiger charge is 2.03. The van der Waals surface area contributed by atoms with Gasteiger partial charge in [-0.1, -0.05) is 6.07 Å². The maximum Gasteiger partial charge on any atom is 0.341 e. The molecular weight excluding hydrogens is 280 g/mol. The van der Waals surface area contributed by atoms with Gasteiger partial charge in [0.25, 0.3) is 0 Å². The molecule has 0 atom stereocenters. The number of carboxylic acid groups (broad SMARTS) is 1. The number of nitrogens with one attached hydrogen (secondary N) is 2. The molecule has 6 nitrogen and oxygen atoms in total. The molecule has 0 radical (unpaired) electrons. The minimum absolute atomic E-state index is 0.290. The third kappa shape index (κ3) is 6.89. The molecule has 1 aromatic rings. The van der Waals surface area contributed by atoms with Crippen molar-refractivity contribution in [2.75, 3.05) is 30.5 Å². The molecule has 0 saturated carbocycles. The third-order valence-corrected chi connectivity index (χ3v) is 2.96. The van der Waals surface area contributed by atoms with Crippen LogP contribution in [0.15, 0.2) is 24.3 Å². The number of amides is 2. The standard InChI is InChI=1S/C13H18N2O4S/c1-20-7-3-6-14-13(18)15-10-4-2-5-11(8-10)19-9-12(16)17/h2,4-5,8H,3,6-7,9H2,1H3,(H,16,17)(H2,14,15,18). The highest BCUT2D eigenvalue weighted by molar-refractivity contribution is 7.98. The zero-order valence-electron chi connectivity index (χ0n) is 11.2. The van der Waals surface area contributed by atoms with Crippen LogP contribution < -0.4 is 15.4 Å². The number of aliphatic carboxylic acids is 1. The van der Waals surface area contributed by atoms with E-state index in [1.165, 1.54) is 0 Å². The summed E-state index contributed by atoms with van der Waals surface area (Å²) in [6, 6.07) is 6.30. The summed E-state index contributed by atoms with van der Waals surface area (Å²) in [4.78, 5) is 22.0. The Morgan fingerprint density at radius 1 is 1.40 bits per heavy atom. The predicted molar refractivity (Wildman–Crippen MR) is 79.6 cm³/mol. The Kier molecular flexibility index (Phi) is 7.34. The third-order valence-electron chi connectivity index (χ3n) is 2.27. The summed E-state index contributed by atoms with van der Waals surface area (Å²) in [5, 5.41) is 13.9. The number of urea groups is 1. The number of hydrogen-bond acceptors (Lipinski definition) is 4. The Balaban J connectivity index is 2.40. The molecule has 3 N–H and O–H groups in total. The van der Waals surface area contributed by atoms with E-state index in [0.717, 1.165) is 12.2 Å². The molecule has 0 spiro atoms. The number of hydrogen-bond donors (Lipinski definition) is 3. The lowest BCUT2D eigenvalue weighted by Gasteiger charge is -2.09. The van der Waals surface area contributed by atoms with Crippen molar-refractivity contribution in [3.05, 3.63) is 24.3 Å². The van der Waals surface area contributed by atoms with E-state index in [4.69, 9.17) is 9.84 Å². The summed E-state index contributed by atoms with van der Waals surface area (Å²) in [5.41, 5.74) is 0.551. The predicted octanol–water partition coefficient (Wildman–Crippen LogP) is 2.02. The van der Waals surface area contributed by atoms with E-state index < -0.39 is 12.6 Å². The number of thioether (sulfide) groups is 1. The van der Waals surface area contributed by atoms with Crippen molar-refractivity contribution in [3.8, 4) is 5.75 Å². The Bertz CT molecular complexity index is 454. The summed E-state index contributed by atoms with van der Waals surface area (Å²) in [6.45, 7) is 0.201. The number of rotatable bonds is 8. The second-order valence-corrected chi connectivity index (χ2v) is 4.92. The SMILES string of the molecule is CSCCCNC(=O)Nc1cccc(OCC(=O)O)c1. The van der Waals surface area contributed by atoms with E-state index in [9.17, 15) is 9.59 Å². The number of carbonyl (C=O) groups is 2. The first kappa shape index (κ1) is 16.2. The molecule has 1 aromatic carbocycles. The van der Waals surface area contributed by atoms with Gasteiger partial charge in [0, 0.05) is 18.3 Å². The summed E-state index contributed by atoms with van der Waals surface area (Å²) >= 11 is 1.73. The maximum atomic E-state index is 11.6. The summed E-state index contributed by atoms with van der Waals surface area (Å²) in [7, 11) is 0. The van der Waals surface area contributed by atoms with Crippen molar-refractivity contribution in [1.29, 1.82) is 0 Å². The van der Waals surface area contributed by atoms with Crippen molar-refractivity contribution < 1.29 is 19.4 Å². The number of benzene rings is 1. The van der Waals surface area contributed by atoms with Gasteiger partial charge in [-0.25, -0.2) is 9.59 Å². The van der Waals surface area contributed by atoms with Gasteiger partial charge in [-0.15, -0.1) is 0 Å². The minimum atomic E-state index is -1.05. The van der Waals surface area contributed by atoms with Gasteiger partial charge in [-0.05, 0) is 30.6 Å². The van der Waals surface area contributed by atoms with Crippen LogP contribution in [-0.2, 0) is 4.79 Å². The van der Waals surface area contributed by atoms with Gasteiger partial charge in [-0.3, -0.25) is 0 Å².